The highest BCUT2D eigenvalue weighted by Gasteiger charge is 2.22. The lowest BCUT2D eigenvalue weighted by Gasteiger charge is -2.18. The molecule has 0 heterocycles. The van der Waals surface area contributed by atoms with Crippen LogP contribution in [0.3, 0.4) is 0 Å². The van der Waals surface area contributed by atoms with Crippen LogP contribution < -0.4 is 10.6 Å². The Morgan fingerprint density at radius 2 is 1.93 bits per heavy atom. The van der Waals surface area contributed by atoms with Gasteiger partial charge in [-0.2, -0.15) is 11.8 Å². The number of amides is 2. The number of non-ortho nitro benzene ring substituents is 1. The second-order valence-electron chi connectivity index (χ2n) is 5.73. The summed E-state index contributed by atoms with van der Waals surface area (Å²) in [5, 5.41) is 15.8. The average Bonchev–Trinajstić information content (AvgIpc) is 2.67. The third-order valence-corrected chi connectivity index (χ3v) is 4.38. The minimum absolute atomic E-state index is 0.0315. The summed E-state index contributed by atoms with van der Waals surface area (Å²) < 4.78 is 26.3. The van der Waals surface area contributed by atoms with Crippen molar-refractivity contribution < 1.29 is 23.3 Å². The van der Waals surface area contributed by atoms with Crippen LogP contribution >= 0.6 is 11.8 Å². The number of nitrogens with zero attached hydrogens (tertiary/aromatic N) is 1. The van der Waals surface area contributed by atoms with Gasteiger partial charge in [-0.25, -0.2) is 8.78 Å². The van der Waals surface area contributed by atoms with Crippen molar-refractivity contribution in [1.82, 2.24) is 5.32 Å². The van der Waals surface area contributed by atoms with Gasteiger partial charge in [0.1, 0.15) is 6.04 Å². The highest BCUT2D eigenvalue weighted by molar-refractivity contribution is 7.98. The summed E-state index contributed by atoms with van der Waals surface area (Å²) >= 11 is 1.46. The number of hydrogen-bond donors (Lipinski definition) is 2. The SMILES string of the molecule is CSCCC(NC(=O)c1cccc([N+](=O)[O-])c1)C(=O)Nc1ccc(F)c(F)c1. The number of halogens is 2. The molecule has 0 radical (unpaired) electrons. The Morgan fingerprint density at radius 1 is 1.18 bits per heavy atom. The van der Waals surface area contributed by atoms with Crippen LogP contribution in [-0.2, 0) is 4.79 Å². The molecule has 2 N–H and O–H groups in total. The maximum absolute atomic E-state index is 13.3. The zero-order chi connectivity index (χ0) is 20.7. The van der Waals surface area contributed by atoms with E-state index < -0.39 is 34.4 Å². The first-order valence-electron chi connectivity index (χ1n) is 8.12. The first-order valence-corrected chi connectivity index (χ1v) is 9.51. The van der Waals surface area contributed by atoms with E-state index in [1.54, 1.807) is 0 Å². The summed E-state index contributed by atoms with van der Waals surface area (Å²) in [6, 6.07) is 7.06. The number of carbonyl (C=O) groups excluding carboxylic acids is 2. The number of hydrogen-bond acceptors (Lipinski definition) is 5. The van der Waals surface area contributed by atoms with Crippen molar-refractivity contribution in [3.05, 3.63) is 69.8 Å². The van der Waals surface area contributed by atoms with Gasteiger partial charge in [-0.3, -0.25) is 19.7 Å². The molecule has 0 aromatic heterocycles. The van der Waals surface area contributed by atoms with E-state index in [1.807, 2.05) is 6.26 Å². The third-order valence-electron chi connectivity index (χ3n) is 3.74. The lowest BCUT2D eigenvalue weighted by Crippen LogP contribution is -2.44. The minimum Gasteiger partial charge on any atom is -0.340 e. The molecular weight excluding hydrogens is 392 g/mol. The number of nitro benzene ring substituents is 1. The first kappa shape index (κ1) is 21.3. The quantitative estimate of drug-likeness (QED) is 0.514. The zero-order valence-corrected chi connectivity index (χ0v) is 15.6. The highest BCUT2D eigenvalue weighted by Crippen LogP contribution is 2.16. The van der Waals surface area contributed by atoms with Crippen LogP contribution in [0.4, 0.5) is 20.2 Å². The Hall–Kier alpha value is -3.01. The van der Waals surface area contributed by atoms with Crippen molar-refractivity contribution in [3.63, 3.8) is 0 Å². The molecule has 0 aliphatic carbocycles. The number of rotatable bonds is 8. The largest absolute Gasteiger partial charge is 0.340 e. The maximum Gasteiger partial charge on any atom is 0.270 e. The van der Waals surface area contributed by atoms with Crippen molar-refractivity contribution in [2.75, 3.05) is 17.3 Å². The van der Waals surface area contributed by atoms with Gasteiger partial charge in [0.15, 0.2) is 11.6 Å². The van der Waals surface area contributed by atoms with Gasteiger partial charge in [0.2, 0.25) is 5.91 Å². The van der Waals surface area contributed by atoms with Crippen molar-refractivity contribution in [1.29, 1.82) is 0 Å². The molecule has 2 aromatic carbocycles. The highest BCUT2D eigenvalue weighted by atomic mass is 32.2. The topological polar surface area (TPSA) is 101 Å². The van der Waals surface area contributed by atoms with Crippen molar-refractivity contribution in [3.8, 4) is 0 Å². The van der Waals surface area contributed by atoms with Crippen LogP contribution in [0.25, 0.3) is 0 Å². The third kappa shape index (κ3) is 5.74. The smallest absolute Gasteiger partial charge is 0.270 e. The van der Waals surface area contributed by atoms with E-state index in [2.05, 4.69) is 10.6 Å². The molecule has 0 saturated carbocycles. The van der Waals surface area contributed by atoms with Crippen LogP contribution in [-0.4, -0.2) is 34.8 Å². The van der Waals surface area contributed by atoms with Gasteiger partial charge in [0.05, 0.1) is 4.92 Å². The van der Waals surface area contributed by atoms with E-state index in [4.69, 9.17) is 0 Å². The number of benzene rings is 2. The molecule has 1 unspecified atom stereocenters. The maximum atomic E-state index is 13.3. The molecule has 28 heavy (non-hydrogen) atoms. The lowest BCUT2D eigenvalue weighted by atomic mass is 10.1. The predicted molar refractivity (Wildman–Crippen MR) is 102 cm³/mol. The fourth-order valence-electron chi connectivity index (χ4n) is 2.31. The van der Waals surface area contributed by atoms with Crippen molar-refractivity contribution >= 4 is 35.0 Å². The molecular formula is C18H17F2N3O4S. The molecule has 0 spiro atoms. The van der Waals surface area contributed by atoms with E-state index in [0.717, 1.165) is 18.2 Å². The van der Waals surface area contributed by atoms with E-state index in [9.17, 15) is 28.5 Å². The van der Waals surface area contributed by atoms with Crippen molar-refractivity contribution in [2.24, 2.45) is 0 Å². The van der Waals surface area contributed by atoms with E-state index in [1.165, 1.54) is 36.0 Å². The summed E-state index contributed by atoms with van der Waals surface area (Å²) in [6.45, 7) is 0. The first-order chi connectivity index (χ1) is 13.3. The molecule has 7 nitrogen and oxygen atoms in total. The predicted octanol–water partition coefficient (Wildman–Crippen LogP) is 3.36. The Bertz CT molecular complexity index is 895. The molecule has 2 aromatic rings. The molecule has 2 rings (SSSR count). The molecule has 0 saturated heterocycles. The van der Waals surface area contributed by atoms with Crippen molar-refractivity contribution in [2.45, 2.75) is 12.5 Å². The summed E-state index contributed by atoms with van der Waals surface area (Å²) in [6.07, 6.45) is 2.10. The monoisotopic (exact) mass is 409 g/mol. The number of nitro groups is 1. The van der Waals surface area contributed by atoms with E-state index >= 15 is 0 Å². The van der Waals surface area contributed by atoms with Gasteiger partial charge in [-0.05, 0) is 36.6 Å². The van der Waals surface area contributed by atoms with E-state index in [0.29, 0.717) is 5.75 Å². The molecule has 0 bridgehead atoms. The summed E-state index contributed by atoms with van der Waals surface area (Å²) in [5.74, 6) is -2.88. The zero-order valence-electron chi connectivity index (χ0n) is 14.8. The Kier molecular flexibility index (Phi) is 7.44. The molecule has 0 aliphatic rings. The molecule has 10 heteroatoms. The van der Waals surface area contributed by atoms with E-state index in [-0.39, 0.29) is 23.4 Å². The molecule has 1 atom stereocenters. The molecule has 2 amide bonds. The van der Waals surface area contributed by atoms with Crippen LogP contribution in [0.2, 0.25) is 0 Å². The second-order valence-corrected chi connectivity index (χ2v) is 6.72. The lowest BCUT2D eigenvalue weighted by molar-refractivity contribution is -0.384. The molecule has 0 fully saturated rings. The molecule has 148 valence electrons. The van der Waals surface area contributed by atoms with Crippen LogP contribution in [0, 0.1) is 21.7 Å². The number of anilines is 1. The summed E-state index contributed by atoms with van der Waals surface area (Å²) in [5.41, 5.74) is -0.175. The van der Waals surface area contributed by atoms with Gasteiger partial charge >= 0.3 is 0 Å². The summed E-state index contributed by atoms with van der Waals surface area (Å²) in [4.78, 5) is 35.1. The van der Waals surface area contributed by atoms with Gasteiger partial charge in [0.25, 0.3) is 11.6 Å². The van der Waals surface area contributed by atoms with Gasteiger partial charge in [0, 0.05) is 29.4 Å². The Morgan fingerprint density at radius 3 is 2.57 bits per heavy atom. The normalized spacial score (nSPS) is 11.5. The number of carbonyl (C=O) groups is 2. The van der Waals surface area contributed by atoms with Crippen LogP contribution in [0.15, 0.2) is 42.5 Å². The number of nitrogens with one attached hydrogen (secondary N) is 2. The average molecular weight is 409 g/mol. The molecule has 0 aliphatic heterocycles. The minimum atomic E-state index is -1.11. The van der Waals surface area contributed by atoms with Gasteiger partial charge in [-0.1, -0.05) is 6.07 Å². The Labute approximate surface area is 163 Å². The van der Waals surface area contributed by atoms with Crippen LogP contribution in [0.1, 0.15) is 16.8 Å². The van der Waals surface area contributed by atoms with Gasteiger partial charge < -0.3 is 10.6 Å². The summed E-state index contributed by atoms with van der Waals surface area (Å²) in [7, 11) is 0. The number of thioether (sulfide) groups is 1. The standard InChI is InChI=1S/C18H17F2N3O4S/c1-28-8-7-16(18(25)21-12-5-6-14(19)15(20)10-12)22-17(24)11-3-2-4-13(9-11)23(26)27/h2-6,9-10,16H,7-8H2,1H3,(H,21,25)(H,22,24). The van der Waals surface area contributed by atoms with Crippen LogP contribution in [0.5, 0.6) is 0 Å². The Balaban J connectivity index is 2.14. The van der Waals surface area contributed by atoms with Gasteiger partial charge in [-0.15, -0.1) is 0 Å². The fourth-order valence-corrected chi connectivity index (χ4v) is 2.78. The fraction of sp³-hybridized carbons (Fsp3) is 0.222. The second kappa shape index (κ2) is 9.79.